The molecular weight excluding hydrogens is 204 g/mol. The van der Waals surface area contributed by atoms with Crippen molar-refractivity contribution >= 4 is 0 Å². The van der Waals surface area contributed by atoms with Gasteiger partial charge in [0.15, 0.2) is 6.29 Å². The van der Waals surface area contributed by atoms with Crippen molar-refractivity contribution in [3.8, 4) is 0 Å². The summed E-state index contributed by atoms with van der Waals surface area (Å²) >= 11 is 0. The average molecular weight is 228 g/mol. The highest BCUT2D eigenvalue weighted by Gasteiger charge is 2.18. The molecular formula is C12H24N2O2. The smallest absolute Gasteiger partial charge is 0.157 e. The Morgan fingerprint density at radius 3 is 2.94 bits per heavy atom. The van der Waals surface area contributed by atoms with Crippen molar-refractivity contribution in [2.45, 2.75) is 44.4 Å². The zero-order chi connectivity index (χ0) is 11.2. The molecule has 0 unspecified atom stereocenters. The van der Waals surface area contributed by atoms with Gasteiger partial charge in [-0.15, -0.1) is 0 Å². The van der Waals surface area contributed by atoms with E-state index in [1.54, 1.807) is 0 Å². The minimum atomic E-state index is 0.0483. The van der Waals surface area contributed by atoms with Crippen LogP contribution >= 0.6 is 0 Å². The molecule has 0 aliphatic carbocycles. The number of nitrogens with two attached hydrogens (primary N) is 1. The van der Waals surface area contributed by atoms with Gasteiger partial charge >= 0.3 is 0 Å². The van der Waals surface area contributed by atoms with Crippen molar-refractivity contribution < 1.29 is 9.47 Å². The molecule has 0 saturated carbocycles. The van der Waals surface area contributed by atoms with Crippen LogP contribution in [0.15, 0.2) is 0 Å². The molecule has 0 aromatic carbocycles. The fourth-order valence-electron chi connectivity index (χ4n) is 2.45. The SMILES string of the molecule is N[C@@H]1CCCN(CCO[C@@H]2CCCCO2)C1. The summed E-state index contributed by atoms with van der Waals surface area (Å²) in [5.74, 6) is 0. The second-order valence-electron chi connectivity index (χ2n) is 4.87. The van der Waals surface area contributed by atoms with Gasteiger partial charge in [0.2, 0.25) is 0 Å². The van der Waals surface area contributed by atoms with Gasteiger partial charge < -0.3 is 15.2 Å². The van der Waals surface area contributed by atoms with Crippen molar-refractivity contribution in [3.63, 3.8) is 0 Å². The van der Waals surface area contributed by atoms with E-state index >= 15 is 0 Å². The summed E-state index contributed by atoms with van der Waals surface area (Å²) in [4.78, 5) is 2.40. The number of hydrogen-bond acceptors (Lipinski definition) is 4. The van der Waals surface area contributed by atoms with E-state index in [4.69, 9.17) is 15.2 Å². The lowest BCUT2D eigenvalue weighted by atomic mass is 10.1. The Balaban J connectivity index is 1.56. The van der Waals surface area contributed by atoms with Crippen LogP contribution in [0.4, 0.5) is 0 Å². The molecule has 2 atom stereocenters. The molecule has 2 aliphatic rings. The third kappa shape index (κ3) is 4.01. The summed E-state index contributed by atoms with van der Waals surface area (Å²) < 4.78 is 11.2. The maximum absolute atomic E-state index is 5.93. The fraction of sp³-hybridized carbons (Fsp3) is 1.00. The summed E-state index contributed by atoms with van der Waals surface area (Å²) in [6.07, 6.45) is 5.91. The van der Waals surface area contributed by atoms with Gasteiger partial charge in [-0.1, -0.05) is 0 Å². The molecule has 0 aromatic heterocycles. The van der Waals surface area contributed by atoms with Crippen LogP contribution in [0.3, 0.4) is 0 Å². The Morgan fingerprint density at radius 1 is 1.25 bits per heavy atom. The third-order valence-corrected chi connectivity index (χ3v) is 3.39. The summed E-state index contributed by atoms with van der Waals surface area (Å²) in [5, 5.41) is 0. The largest absolute Gasteiger partial charge is 0.353 e. The molecule has 16 heavy (non-hydrogen) atoms. The first-order valence-electron chi connectivity index (χ1n) is 6.56. The second-order valence-corrected chi connectivity index (χ2v) is 4.87. The van der Waals surface area contributed by atoms with E-state index in [1.165, 1.54) is 32.2 Å². The highest BCUT2D eigenvalue weighted by molar-refractivity contribution is 4.74. The number of piperidine rings is 1. The molecule has 2 heterocycles. The standard InChI is InChI=1S/C12H24N2O2/c13-11-4-3-6-14(10-11)7-9-16-12-5-1-2-8-15-12/h11-12H,1-10,13H2/t11-,12-/m1/s1. The van der Waals surface area contributed by atoms with Gasteiger partial charge in [0.05, 0.1) is 6.61 Å². The molecule has 0 aromatic rings. The second kappa shape index (κ2) is 6.55. The van der Waals surface area contributed by atoms with Gasteiger partial charge in [-0.05, 0) is 38.6 Å². The number of rotatable bonds is 4. The minimum Gasteiger partial charge on any atom is -0.353 e. The predicted molar refractivity (Wildman–Crippen MR) is 63.2 cm³/mol. The van der Waals surface area contributed by atoms with Crippen LogP contribution in [0.1, 0.15) is 32.1 Å². The van der Waals surface area contributed by atoms with Gasteiger partial charge in [-0.3, -0.25) is 4.90 Å². The number of likely N-dealkylation sites (tertiary alicyclic amines) is 1. The third-order valence-electron chi connectivity index (χ3n) is 3.39. The summed E-state index contributed by atoms with van der Waals surface area (Å²) in [7, 11) is 0. The lowest BCUT2D eigenvalue weighted by Gasteiger charge is -2.31. The zero-order valence-corrected chi connectivity index (χ0v) is 10.1. The van der Waals surface area contributed by atoms with Crippen molar-refractivity contribution in [1.29, 1.82) is 0 Å². The van der Waals surface area contributed by atoms with Crippen LogP contribution in [-0.4, -0.2) is 50.1 Å². The summed E-state index contributed by atoms with van der Waals surface area (Å²) in [6, 6.07) is 0.361. The van der Waals surface area contributed by atoms with E-state index in [2.05, 4.69) is 4.90 Å². The van der Waals surface area contributed by atoms with Crippen LogP contribution in [0.25, 0.3) is 0 Å². The summed E-state index contributed by atoms with van der Waals surface area (Å²) in [5.41, 5.74) is 5.93. The maximum atomic E-state index is 5.93. The molecule has 2 saturated heterocycles. The molecule has 0 spiro atoms. The molecule has 94 valence electrons. The molecule has 2 aliphatic heterocycles. The monoisotopic (exact) mass is 228 g/mol. The number of hydrogen-bond donors (Lipinski definition) is 1. The van der Waals surface area contributed by atoms with Gasteiger partial charge in [-0.25, -0.2) is 0 Å². The zero-order valence-electron chi connectivity index (χ0n) is 10.1. The van der Waals surface area contributed by atoms with E-state index in [-0.39, 0.29) is 6.29 Å². The van der Waals surface area contributed by atoms with E-state index in [9.17, 15) is 0 Å². The Hall–Kier alpha value is -0.160. The fourth-order valence-corrected chi connectivity index (χ4v) is 2.45. The summed E-state index contributed by atoms with van der Waals surface area (Å²) in [6.45, 7) is 4.82. The average Bonchev–Trinajstić information content (AvgIpc) is 2.30. The van der Waals surface area contributed by atoms with E-state index < -0.39 is 0 Å². The van der Waals surface area contributed by atoms with Crippen molar-refractivity contribution in [1.82, 2.24) is 4.90 Å². The first kappa shape index (κ1) is 12.3. The van der Waals surface area contributed by atoms with Crippen LogP contribution in [-0.2, 0) is 9.47 Å². The van der Waals surface area contributed by atoms with Crippen LogP contribution in [0, 0.1) is 0 Å². The Morgan fingerprint density at radius 2 is 2.19 bits per heavy atom. The van der Waals surface area contributed by atoms with Crippen molar-refractivity contribution in [2.24, 2.45) is 5.73 Å². The van der Waals surface area contributed by atoms with Crippen molar-refractivity contribution in [2.75, 3.05) is 32.8 Å². The molecule has 0 radical (unpaired) electrons. The van der Waals surface area contributed by atoms with Gasteiger partial charge in [0, 0.05) is 25.7 Å². The molecule has 0 amide bonds. The highest BCUT2D eigenvalue weighted by Crippen LogP contribution is 2.14. The van der Waals surface area contributed by atoms with Gasteiger partial charge in [-0.2, -0.15) is 0 Å². The molecule has 4 heteroatoms. The highest BCUT2D eigenvalue weighted by atomic mass is 16.7. The lowest BCUT2D eigenvalue weighted by Crippen LogP contribution is -2.44. The maximum Gasteiger partial charge on any atom is 0.157 e. The number of ether oxygens (including phenoxy) is 2. The van der Waals surface area contributed by atoms with E-state index in [0.717, 1.165) is 32.7 Å². The van der Waals surface area contributed by atoms with Crippen LogP contribution < -0.4 is 5.73 Å². The quantitative estimate of drug-likeness (QED) is 0.778. The first-order valence-corrected chi connectivity index (χ1v) is 6.56. The molecule has 2 N–H and O–H groups in total. The molecule has 4 nitrogen and oxygen atoms in total. The van der Waals surface area contributed by atoms with E-state index in [1.807, 2.05) is 0 Å². The molecule has 2 rings (SSSR count). The van der Waals surface area contributed by atoms with Crippen LogP contribution in [0.2, 0.25) is 0 Å². The van der Waals surface area contributed by atoms with Crippen molar-refractivity contribution in [3.05, 3.63) is 0 Å². The first-order chi connectivity index (χ1) is 7.84. The lowest BCUT2D eigenvalue weighted by molar-refractivity contribution is -0.164. The Kier molecular flexibility index (Phi) is 5.03. The minimum absolute atomic E-state index is 0.0483. The Labute approximate surface area is 98.1 Å². The van der Waals surface area contributed by atoms with Gasteiger partial charge in [0.1, 0.15) is 0 Å². The molecule has 2 fully saturated rings. The predicted octanol–water partition coefficient (Wildman–Crippen LogP) is 0.953. The Bertz CT molecular complexity index is 195. The van der Waals surface area contributed by atoms with E-state index in [0.29, 0.717) is 6.04 Å². The normalized spacial score (nSPS) is 32.8. The van der Waals surface area contributed by atoms with Gasteiger partial charge in [0.25, 0.3) is 0 Å². The topological polar surface area (TPSA) is 47.7 Å². The number of nitrogens with zero attached hydrogens (tertiary/aromatic N) is 1. The molecule has 0 bridgehead atoms. The van der Waals surface area contributed by atoms with Crippen LogP contribution in [0.5, 0.6) is 0 Å².